The number of ether oxygens (including phenoxy) is 1. The van der Waals surface area contributed by atoms with Crippen molar-refractivity contribution in [1.82, 2.24) is 15.4 Å². The van der Waals surface area contributed by atoms with Gasteiger partial charge in [0.1, 0.15) is 12.4 Å². The fourth-order valence-corrected chi connectivity index (χ4v) is 5.49. The van der Waals surface area contributed by atoms with Crippen LogP contribution in [-0.2, 0) is 19.4 Å². The Morgan fingerprint density at radius 3 is 2.52 bits per heavy atom. The molecule has 1 aliphatic heterocycles. The van der Waals surface area contributed by atoms with E-state index in [1.54, 1.807) is 0 Å². The molecule has 0 fully saturated rings. The summed E-state index contributed by atoms with van der Waals surface area (Å²) in [5.74, 6) is 1.32. The maximum Gasteiger partial charge on any atom is 0.274 e. The van der Waals surface area contributed by atoms with E-state index in [9.17, 15) is 4.79 Å². The highest BCUT2D eigenvalue weighted by atomic mass is 16.5. The average Bonchev–Trinajstić information content (AvgIpc) is 3.30. The zero-order valence-electron chi connectivity index (χ0n) is 24.2. The Bertz CT molecular complexity index is 1490. The fraction of sp³-hybridized carbons (Fsp3) is 0.353. The Morgan fingerprint density at radius 1 is 1.05 bits per heavy atom. The molecule has 6 heteroatoms. The Hall–Kier alpha value is -3.90. The number of aryl methyl sites for hydroxylation is 1. The second-order valence-corrected chi connectivity index (χ2v) is 11.0. The van der Waals surface area contributed by atoms with E-state index >= 15 is 0 Å². The van der Waals surface area contributed by atoms with Crippen molar-refractivity contribution in [1.29, 1.82) is 0 Å². The SMILES string of the molecule is CCNC(=O)c1noc(-c2cc(C(C)C)c(C)cc2OCc2ccccc2)c1-c1ccc2c(c1)CCN(C)CC2. The van der Waals surface area contributed by atoms with Crippen LogP contribution in [0, 0.1) is 6.92 Å². The molecule has 5 rings (SSSR count). The van der Waals surface area contributed by atoms with Crippen LogP contribution in [0.3, 0.4) is 0 Å². The lowest BCUT2D eigenvalue weighted by Gasteiger charge is -2.17. The Morgan fingerprint density at radius 2 is 1.80 bits per heavy atom. The maximum absolute atomic E-state index is 13.2. The zero-order chi connectivity index (χ0) is 28.2. The van der Waals surface area contributed by atoms with E-state index in [4.69, 9.17) is 9.26 Å². The van der Waals surface area contributed by atoms with Crippen molar-refractivity contribution in [3.8, 4) is 28.2 Å². The molecule has 1 aromatic heterocycles. The standard InChI is InChI=1S/C34H39N3O3/c1-6-35-34(38)32-31(27-13-12-25-14-16-37(5)17-15-26(25)19-27)33(40-36-32)29-20-28(22(2)3)23(4)18-30(29)39-21-24-10-8-7-9-11-24/h7-13,18-20,22H,6,14-17,21H2,1-5H3,(H,35,38). The number of aromatic nitrogens is 1. The molecule has 0 atom stereocenters. The van der Waals surface area contributed by atoms with Crippen molar-refractivity contribution < 1.29 is 14.1 Å². The first kappa shape index (κ1) is 27.7. The molecule has 0 spiro atoms. The largest absolute Gasteiger partial charge is 0.488 e. The lowest BCUT2D eigenvalue weighted by atomic mass is 9.90. The molecule has 0 bridgehead atoms. The van der Waals surface area contributed by atoms with Gasteiger partial charge < -0.3 is 19.5 Å². The summed E-state index contributed by atoms with van der Waals surface area (Å²) < 4.78 is 12.5. The average molecular weight is 538 g/mol. The molecule has 1 amide bonds. The van der Waals surface area contributed by atoms with Crippen LogP contribution in [0.4, 0.5) is 0 Å². The minimum atomic E-state index is -0.245. The molecular formula is C34H39N3O3. The second kappa shape index (κ2) is 12.1. The molecule has 0 radical (unpaired) electrons. The van der Waals surface area contributed by atoms with Gasteiger partial charge in [0, 0.05) is 19.6 Å². The number of amides is 1. The highest BCUT2D eigenvalue weighted by Gasteiger charge is 2.28. The van der Waals surface area contributed by atoms with Crippen molar-refractivity contribution >= 4 is 5.91 Å². The lowest BCUT2D eigenvalue weighted by Crippen LogP contribution is -2.23. The van der Waals surface area contributed by atoms with Gasteiger partial charge in [-0.2, -0.15) is 0 Å². The molecular weight excluding hydrogens is 498 g/mol. The fourth-order valence-electron chi connectivity index (χ4n) is 5.49. The molecule has 6 nitrogen and oxygen atoms in total. The Kier molecular flexibility index (Phi) is 8.36. The summed E-state index contributed by atoms with van der Waals surface area (Å²) >= 11 is 0. The van der Waals surface area contributed by atoms with Crippen LogP contribution in [0.25, 0.3) is 22.5 Å². The Balaban J connectivity index is 1.66. The van der Waals surface area contributed by atoms with E-state index < -0.39 is 0 Å². The maximum atomic E-state index is 13.2. The van der Waals surface area contributed by atoms with E-state index in [-0.39, 0.29) is 5.91 Å². The first-order chi connectivity index (χ1) is 19.4. The molecule has 0 saturated carbocycles. The van der Waals surface area contributed by atoms with E-state index in [0.29, 0.717) is 41.8 Å². The van der Waals surface area contributed by atoms with Gasteiger partial charge in [-0.3, -0.25) is 4.79 Å². The number of carbonyl (C=O) groups is 1. The molecule has 0 aliphatic carbocycles. The summed E-state index contributed by atoms with van der Waals surface area (Å²) in [4.78, 5) is 15.6. The number of nitrogens with zero attached hydrogens (tertiary/aromatic N) is 2. The van der Waals surface area contributed by atoms with Crippen molar-refractivity contribution in [2.75, 3.05) is 26.7 Å². The number of benzene rings is 3. The molecule has 208 valence electrons. The van der Waals surface area contributed by atoms with Gasteiger partial charge in [-0.15, -0.1) is 0 Å². The topological polar surface area (TPSA) is 67.6 Å². The number of hydrogen-bond donors (Lipinski definition) is 1. The highest BCUT2D eigenvalue weighted by Crippen LogP contribution is 2.42. The van der Waals surface area contributed by atoms with Crippen LogP contribution in [0.1, 0.15) is 65.0 Å². The van der Waals surface area contributed by atoms with Crippen LogP contribution in [-0.4, -0.2) is 42.6 Å². The predicted octanol–water partition coefficient (Wildman–Crippen LogP) is 6.80. The minimum Gasteiger partial charge on any atom is -0.488 e. The predicted molar refractivity (Wildman–Crippen MR) is 160 cm³/mol. The van der Waals surface area contributed by atoms with Gasteiger partial charge >= 0.3 is 0 Å². The summed E-state index contributed by atoms with van der Waals surface area (Å²) in [7, 11) is 2.17. The van der Waals surface area contributed by atoms with Gasteiger partial charge in [0.25, 0.3) is 5.91 Å². The van der Waals surface area contributed by atoms with Crippen molar-refractivity contribution in [2.45, 2.75) is 53.1 Å². The number of carbonyl (C=O) groups excluding carboxylic acids is 1. The quantitative estimate of drug-likeness (QED) is 0.268. The summed E-state index contributed by atoms with van der Waals surface area (Å²) in [5, 5.41) is 7.25. The van der Waals surface area contributed by atoms with Crippen molar-refractivity contribution in [3.63, 3.8) is 0 Å². The third-order valence-electron chi connectivity index (χ3n) is 7.74. The van der Waals surface area contributed by atoms with Gasteiger partial charge in [-0.1, -0.05) is 67.5 Å². The van der Waals surface area contributed by atoms with Gasteiger partial charge in [-0.05, 0) is 85.2 Å². The van der Waals surface area contributed by atoms with Crippen LogP contribution in [0.2, 0.25) is 0 Å². The normalized spacial score (nSPS) is 13.7. The highest BCUT2D eigenvalue weighted by molar-refractivity contribution is 6.02. The Labute approximate surface area is 237 Å². The molecule has 0 unspecified atom stereocenters. The summed E-state index contributed by atoms with van der Waals surface area (Å²) in [5.41, 5.74) is 8.83. The first-order valence-electron chi connectivity index (χ1n) is 14.3. The van der Waals surface area contributed by atoms with Gasteiger partial charge in [0.2, 0.25) is 0 Å². The number of likely N-dealkylation sites (N-methyl/N-ethyl adjacent to an activating group) is 1. The number of fused-ring (bicyclic) bond motifs is 1. The monoisotopic (exact) mass is 537 g/mol. The second-order valence-electron chi connectivity index (χ2n) is 11.0. The molecule has 40 heavy (non-hydrogen) atoms. The molecule has 0 saturated heterocycles. The summed E-state index contributed by atoms with van der Waals surface area (Å²) in [6, 6.07) is 20.9. The zero-order valence-corrected chi connectivity index (χ0v) is 24.2. The van der Waals surface area contributed by atoms with Gasteiger partial charge in [-0.25, -0.2) is 0 Å². The van der Waals surface area contributed by atoms with E-state index in [1.807, 2.05) is 25.1 Å². The van der Waals surface area contributed by atoms with Crippen LogP contribution < -0.4 is 10.1 Å². The number of nitrogens with one attached hydrogen (secondary N) is 1. The molecule has 1 N–H and O–H groups in total. The minimum absolute atomic E-state index is 0.245. The third kappa shape index (κ3) is 5.82. The van der Waals surface area contributed by atoms with Gasteiger partial charge in [0.15, 0.2) is 11.5 Å². The van der Waals surface area contributed by atoms with Crippen molar-refractivity contribution in [2.24, 2.45) is 0 Å². The van der Waals surface area contributed by atoms with E-state index in [0.717, 1.165) is 48.2 Å². The third-order valence-corrected chi connectivity index (χ3v) is 7.74. The summed E-state index contributed by atoms with van der Waals surface area (Å²) in [6.45, 7) is 11.4. The molecule has 2 heterocycles. The molecule has 3 aromatic carbocycles. The van der Waals surface area contributed by atoms with Crippen LogP contribution >= 0.6 is 0 Å². The molecule has 1 aliphatic rings. The first-order valence-corrected chi connectivity index (χ1v) is 14.3. The van der Waals surface area contributed by atoms with Gasteiger partial charge in [0.05, 0.1) is 11.1 Å². The van der Waals surface area contributed by atoms with Crippen LogP contribution in [0.15, 0.2) is 65.2 Å². The molecule has 4 aromatic rings. The van der Waals surface area contributed by atoms with Crippen molar-refractivity contribution in [3.05, 3.63) is 94.2 Å². The van der Waals surface area contributed by atoms with Crippen LogP contribution in [0.5, 0.6) is 5.75 Å². The van der Waals surface area contributed by atoms with E-state index in [2.05, 4.69) is 85.7 Å². The summed E-state index contributed by atoms with van der Waals surface area (Å²) in [6.07, 6.45) is 1.98. The number of hydrogen-bond acceptors (Lipinski definition) is 5. The van der Waals surface area contributed by atoms with E-state index in [1.165, 1.54) is 16.7 Å². The smallest absolute Gasteiger partial charge is 0.274 e. The lowest BCUT2D eigenvalue weighted by molar-refractivity contribution is 0.0947. The number of rotatable bonds is 8.